The molecule has 3 heteroatoms. The molecular formula is C20H15NO2. The van der Waals surface area contributed by atoms with Gasteiger partial charge in [-0.2, -0.15) is 0 Å². The van der Waals surface area contributed by atoms with E-state index in [2.05, 4.69) is 4.85 Å². The first-order valence-electron chi connectivity index (χ1n) is 7.24. The third kappa shape index (κ3) is 2.56. The van der Waals surface area contributed by atoms with Gasteiger partial charge in [0.1, 0.15) is 0 Å². The molecule has 112 valence electrons. The van der Waals surface area contributed by atoms with Crippen molar-refractivity contribution in [3.63, 3.8) is 0 Å². The zero-order chi connectivity index (χ0) is 16.4. The van der Waals surface area contributed by atoms with Crippen LogP contribution in [0.1, 0.15) is 15.9 Å². The first-order valence-corrected chi connectivity index (χ1v) is 7.24. The van der Waals surface area contributed by atoms with Crippen molar-refractivity contribution in [3.05, 3.63) is 77.1 Å². The van der Waals surface area contributed by atoms with Crippen LogP contribution < -0.4 is 0 Å². The molecule has 0 fully saturated rings. The van der Waals surface area contributed by atoms with Gasteiger partial charge in [-0.05, 0) is 46.5 Å². The molecule has 0 amide bonds. The molecule has 0 radical (unpaired) electrons. The fourth-order valence-corrected chi connectivity index (χ4v) is 2.78. The van der Waals surface area contributed by atoms with Gasteiger partial charge in [-0.15, -0.1) is 0 Å². The van der Waals surface area contributed by atoms with E-state index in [4.69, 9.17) is 11.3 Å². The van der Waals surface area contributed by atoms with Crippen molar-refractivity contribution in [2.75, 3.05) is 7.11 Å². The van der Waals surface area contributed by atoms with Gasteiger partial charge >= 0.3 is 5.97 Å². The van der Waals surface area contributed by atoms with Crippen LogP contribution >= 0.6 is 0 Å². The molecule has 0 N–H and O–H groups in total. The Morgan fingerprint density at radius 2 is 1.78 bits per heavy atom. The number of aryl methyl sites for hydroxylation is 1. The minimum absolute atomic E-state index is 0.364. The summed E-state index contributed by atoms with van der Waals surface area (Å²) in [5.41, 5.74) is 3.92. The Labute approximate surface area is 135 Å². The van der Waals surface area contributed by atoms with Crippen molar-refractivity contribution >= 4 is 22.4 Å². The van der Waals surface area contributed by atoms with Crippen LogP contribution in [0.2, 0.25) is 0 Å². The maximum atomic E-state index is 11.8. The molecule has 0 bridgehead atoms. The van der Waals surface area contributed by atoms with E-state index >= 15 is 0 Å². The Morgan fingerprint density at radius 3 is 2.52 bits per heavy atom. The van der Waals surface area contributed by atoms with Crippen LogP contribution in [0.25, 0.3) is 26.7 Å². The Balaban J connectivity index is 2.32. The highest BCUT2D eigenvalue weighted by molar-refractivity contribution is 6.03. The number of benzene rings is 3. The van der Waals surface area contributed by atoms with E-state index in [1.54, 1.807) is 6.07 Å². The molecule has 0 saturated heterocycles. The van der Waals surface area contributed by atoms with E-state index in [9.17, 15) is 4.79 Å². The first kappa shape index (κ1) is 14.8. The second kappa shape index (κ2) is 5.94. The Kier molecular flexibility index (Phi) is 3.82. The van der Waals surface area contributed by atoms with E-state index in [1.165, 1.54) is 7.11 Å². The lowest BCUT2D eigenvalue weighted by Gasteiger charge is -2.11. The van der Waals surface area contributed by atoms with Crippen molar-refractivity contribution in [2.24, 2.45) is 0 Å². The third-order valence-electron chi connectivity index (χ3n) is 3.94. The number of hydrogen-bond acceptors (Lipinski definition) is 2. The van der Waals surface area contributed by atoms with Crippen LogP contribution in [-0.4, -0.2) is 13.1 Å². The first-order chi connectivity index (χ1) is 11.2. The SMILES string of the molecule is [C-]#[N+]c1c(C)cccc1-c1cccc2ccc(C(=O)OC)cc12. The molecule has 3 nitrogen and oxygen atoms in total. The highest BCUT2D eigenvalue weighted by Gasteiger charge is 2.12. The fourth-order valence-electron chi connectivity index (χ4n) is 2.78. The summed E-state index contributed by atoms with van der Waals surface area (Å²) in [5.74, 6) is -0.364. The van der Waals surface area contributed by atoms with Gasteiger partial charge in [0.2, 0.25) is 0 Å². The number of methoxy groups -OCH3 is 1. The Bertz CT molecular complexity index is 952. The summed E-state index contributed by atoms with van der Waals surface area (Å²) in [6.07, 6.45) is 0. The molecule has 0 aliphatic rings. The van der Waals surface area contributed by atoms with Gasteiger partial charge in [-0.3, -0.25) is 0 Å². The summed E-state index contributed by atoms with van der Waals surface area (Å²) < 4.78 is 4.81. The molecule has 23 heavy (non-hydrogen) atoms. The molecule has 0 spiro atoms. The molecule has 0 unspecified atom stereocenters. The summed E-state index contributed by atoms with van der Waals surface area (Å²) >= 11 is 0. The van der Waals surface area contributed by atoms with Crippen LogP contribution in [0.5, 0.6) is 0 Å². The number of carbonyl (C=O) groups excluding carboxylic acids is 1. The van der Waals surface area contributed by atoms with E-state index < -0.39 is 0 Å². The number of nitrogens with zero attached hydrogens (tertiary/aromatic N) is 1. The van der Waals surface area contributed by atoms with Crippen molar-refractivity contribution in [1.82, 2.24) is 0 Å². The monoisotopic (exact) mass is 301 g/mol. The van der Waals surface area contributed by atoms with Gasteiger partial charge in [0.25, 0.3) is 0 Å². The second-order valence-electron chi connectivity index (χ2n) is 5.32. The van der Waals surface area contributed by atoms with Crippen LogP contribution in [0.3, 0.4) is 0 Å². The van der Waals surface area contributed by atoms with Gasteiger partial charge in [0.05, 0.1) is 19.2 Å². The summed E-state index contributed by atoms with van der Waals surface area (Å²) in [7, 11) is 1.37. The average Bonchev–Trinajstić information content (AvgIpc) is 2.59. The van der Waals surface area contributed by atoms with E-state index in [1.807, 2.05) is 55.5 Å². The predicted octanol–water partition coefficient (Wildman–Crippen LogP) is 5.15. The summed E-state index contributed by atoms with van der Waals surface area (Å²) in [4.78, 5) is 15.5. The summed E-state index contributed by atoms with van der Waals surface area (Å²) in [5, 5.41) is 1.96. The lowest BCUT2D eigenvalue weighted by molar-refractivity contribution is 0.0601. The lowest BCUT2D eigenvalue weighted by Crippen LogP contribution is -2.00. The van der Waals surface area contributed by atoms with Crippen molar-refractivity contribution in [3.8, 4) is 11.1 Å². The third-order valence-corrected chi connectivity index (χ3v) is 3.94. The number of esters is 1. The zero-order valence-electron chi connectivity index (χ0n) is 13.0. The van der Waals surface area contributed by atoms with Gasteiger partial charge in [0.15, 0.2) is 5.69 Å². The second-order valence-corrected chi connectivity index (χ2v) is 5.32. The van der Waals surface area contributed by atoms with Gasteiger partial charge in [-0.1, -0.05) is 42.5 Å². The van der Waals surface area contributed by atoms with Gasteiger partial charge in [-0.25, -0.2) is 9.64 Å². The average molecular weight is 301 g/mol. The quantitative estimate of drug-likeness (QED) is 0.484. The highest BCUT2D eigenvalue weighted by Crippen LogP contribution is 2.37. The molecule has 3 rings (SSSR count). The largest absolute Gasteiger partial charge is 0.465 e. The Hall–Kier alpha value is -3.12. The van der Waals surface area contributed by atoms with Crippen LogP contribution in [0, 0.1) is 13.5 Å². The number of rotatable bonds is 2. The number of fused-ring (bicyclic) bond motifs is 1. The smallest absolute Gasteiger partial charge is 0.337 e. The Morgan fingerprint density at radius 1 is 1.04 bits per heavy atom. The zero-order valence-corrected chi connectivity index (χ0v) is 13.0. The molecule has 0 aromatic heterocycles. The highest BCUT2D eigenvalue weighted by atomic mass is 16.5. The van der Waals surface area contributed by atoms with Crippen molar-refractivity contribution < 1.29 is 9.53 Å². The normalized spacial score (nSPS) is 10.3. The summed E-state index contributed by atoms with van der Waals surface area (Å²) in [6.45, 7) is 9.41. The summed E-state index contributed by atoms with van der Waals surface area (Å²) in [6, 6.07) is 17.2. The van der Waals surface area contributed by atoms with Crippen LogP contribution in [0.4, 0.5) is 5.69 Å². The molecule has 0 aliphatic carbocycles. The number of hydrogen-bond donors (Lipinski definition) is 0. The van der Waals surface area contributed by atoms with Gasteiger partial charge in [0, 0.05) is 0 Å². The minimum atomic E-state index is -0.364. The number of carbonyl (C=O) groups is 1. The van der Waals surface area contributed by atoms with E-state index in [0.29, 0.717) is 11.3 Å². The van der Waals surface area contributed by atoms with Crippen molar-refractivity contribution in [1.29, 1.82) is 0 Å². The maximum Gasteiger partial charge on any atom is 0.337 e. The fraction of sp³-hybridized carbons (Fsp3) is 0.100. The van der Waals surface area contributed by atoms with Crippen LogP contribution in [0.15, 0.2) is 54.6 Å². The molecule has 0 saturated carbocycles. The van der Waals surface area contributed by atoms with Crippen molar-refractivity contribution in [2.45, 2.75) is 6.92 Å². The predicted molar refractivity (Wildman–Crippen MR) is 91.7 cm³/mol. The topological polar surface area (TPSA) is 30.7 Å². The maximum absolute atomic E-state index is 11.8. The van der Waals surface area contributed by atoms with Gasteiger partial charge < -0.3 is 4.74 Å². The molecule has 3 aromatic rings. The lowest BCUT2D eigenvalue weighted by atomic mass is 9.94. The molecular weight excluding hydrogens is 286 g/mol. The molecule has 0 heterocycles. The number of ether oxygens (including phenoxy) is 1. The standard InChI is InChI=1S/C20H15NO2/c1-13-6-4-9-17(19(13)21-2)16-8-5-7-14-10-11-15(12-18(14)16)20(22)23-3/h4-12H,1,3H3. The minimum Gasteiger partial charge on any atom is -0.465 e. The molecule has 0 aliphatic heterocycles. The van der Waals surface area contributed by atoms with E-state index in [0.717, 1.165) is 27.5 Å². The van der Waals surface area contributed by atoms with E-state index in [-0.39, 0.29) is 5.97 Å². The number of para-hydroxylation sites is 1. The van der Waals surface area contributed by atoms with Crippen LogP contribution in [-0.2, 0) is 4.74 Å². The molecule has 3 aromatic carbocycles. The molecule has 0 atom stereocenters.